The van der Waals surface area contributed by atoms with E-state index in [2.05, 4.69) is 181 Å². The van der Waals surface area contributed by atoms with Crippen molar-refractivity contribution in [2.24, 2.45) is 0 Å². The van der Waals surface area contributed by atoms with Gasteiger partial charge >= 0.3 is 0 Å². The first-order valence-corrected chi connectivity index (χ1v) is 21.1. The van der Waals surface area contributed by atoms with Crippen LogP contribution in [-0.2, 0) is 5.41 Å². The summed E-state index contributed by atoms with van der Waals surface area (Å²) in [5, 5.41) is 0. The molecule has 0 saturated heterocycles. The zero-order valence-electron chi connectivity index (χ0n) is 31.1. The molecule has 8 aromatic carbocycles. The molecular weight excluding hydrogens is 745 g/mol. The van der Waals surface area contributed by atoms with Crippen molar-refractivity contribution in [2.75, 3.05) is 4.90 Å². The number of anilines is 3. The van der Waals surface area contributed by atoms with Crippen LogP contribution >= 0.6 is 23.5 Å². The molecule has 12 rings (SSSR count). The van der Waals surface area contributed by atoms with E-state index in [-0.39, 0.29) is 0 Å². The largest absolute Gasteiger partial charge is 0.308 e. The van der Waals surface area contributed by atoms with E-state index in [0.29, 0.717) is 17.5 Å². The van der Waals surface area contributed by atoms with Crippen LogP contribution in [0.4, 0.5) is 17.1 Å². The van der Waals surface area contributed by atoms with Crippen molar-refractivity contribution < 1.29 is 0 Å². The average molecular weight is 777 g/mol. The van der Waals surface area contributed by atoms with Gasteiger partial charge in [-0.3, -0.25) is 0 Å². The molecule has 2 aliphatic heterocycles. The maximum Gasteiger partial charge on any atom is 0.164 e. The van der Waals surface area contributed by atoms with Crippen molar-refractivity contribution in [3.05, 3.63) is 216 Å². The SMILES string of the molecule is c1ccc(-c2nc(-c3ccc(N4c5ccccc5Sc5ccccc54)cc3)nc(-c3ccc4c(c3)C3(c5ccccc5S4)c4ccccc4-c4ccccc43)n2)cc1. The average Bonchev–Trinajstić information content (AvgIpc) is 3.59. The second-order valence-electron chi connectivity index (χ2n) is 14.7. The smallest absolute Gasteiger partial charge is 0.164 e. The summed E-state index contributed by atoms with van der Waals surface area (Å²) in [6, 6.07) is 69.6. The molecular formula is C52H32N4S2. The lowest BCUT2D eigenvalue weighted by Gasteiger charge is -2.39. The summed E-state index contributed by atoms with van der Waals surface area (Å²) >= 11 is 3.66. The number of para-hydroxylation sites is 2. The fraction of sp³-hybridized carbons (Fsp3) is 0.0192. The Hall–Kier alpha value is -6.73. The van der Waals surface area contributed by atoms with E-state index in [1.807, 2.05) is 41.7 Å². The minimum absolute atomic E-state index is 0.488. The molecule has 0 fully saturated rings. The third-order valence-electron chi connectivity index (χ3n) is 11.6. The number of hydrogen-bond donors (Lipinski definition) is 0. The lowest BCUT2D eigenvalue weighted by atomic mass is 9.67. The number of aromatic nitrogens is 3. The molecule has 3 aliphatic rings. The van der Waals surface area contributed by atoms with Crippen LogP contribution < -0.4 is 4.90 Å². The summed E-state index contributed by atoms with van der Waals surface area (Å²) in [6.45, 7) is 0. The summed E-state index contributed by atoms with van der Waals surface area (Å²) in [7, 11) is 0. The zero-order valence-corrected chi connectivity index (χ0v) is 32.7. The van der Waals surface area contributed by atoms with E-state index in [9.17, 15) is 0 Å². The molecule has 3 heterocycles. The van der Waals surface area contributed by atoms with Crippen LogP contribution in [0.2, 0.25) is 0 Å². The molecule has 1 aliphatic carbocycles. The number of nitrogens with zero attached hydrogens (tertiary/aromatic N) is 4. The lowest BCUT2D eigenvalue weighted by molar-refractivity contribution is 0.722. The van der Waals surface area contributed by atoms with Crippen molar-refractivity contribution in [2.45, 2.75) is 25.0 Å². The Morgan fingerprint density at radius 2 is 0.793 bits per heavy atom. The third-order valence-corrected chi connectivity index (χ3v) is 13.9. The molecule has 0 atom stereocenters. The fourth-order valence-electron chi connectivity index (χ4n) is 9.09. The number of rotatable bonds is 4. The van der Waals surface area contributed by atoms with Gasteiger partial charge in [-0.1, -0.05) is 151 Å². The number of benzene rings is 8. The molecule has 58 heavy (non-hydrogen) atoms. The van der Waals surface area contributed by atoms with Gasteiger partial charge in [0, 0.05) is 42.0 Å². The topological polar surface area (TPSA) is 41.9 Å². The van der Waals surface area contributed by atoms with Crippen LogP contribution in [0.25, 0.3) is 45.3 Å². The first kappa shape index (κ1) is 33.4. The van der Waals surface area contributed by atoms with Crippen LogP contribution in [0.1, 0.15) is 22.3 Å². The molecule has 272 valence electrons. The third kappa shape index (κ3) is 5.02. The molecule has 1 aromatic heterocycles. The van der Waals surface area contributed by atoms with Gasteiger partial charge in [-0.2, -0.15) is 0 Å². The highest BCUT2D eigenvalue weighted by Crippen LogP contribution is 2.62. The molecule has 0 radical (unpaired) electrons. The number of hydrogen-bond acceptors (Lipinski definition) is 6. The summed E-state index contributed by atoms with van der Waals surface area (Å²) in [6.07, 6.45) is 0. The molecule has 4 nitrogen and oxygen atoms in total. The maximum absolute atomic E-state index is 5.26. The Labute approximate surface area is 345 Å². The summed E-state index contributed by atoms with van der Waals surface area (Å²) in [4.78, 5) is 22.9. The molecule has 0 unspecified atom stereocenters. The highest BCUT2D eigenvalue weighted by atomic mass is 32.2. The van der Waals surface area contributed by atoms with Gasteiger partial charge in [0.15, 0.2) is 17.5 Å². The first-order chi connectivity index (χ1) is 28.7. The fourth-order valence-corrected chi connectivity index (χ4v) is 11.3. The van der Waals surface area contributed by atoms with E-state index < -0.39 is 5.41 Å². The van der Waals surface area contributed by atoms with Crippen molar-refractivity contribution in [1.29, 1.82) is 0 Å². The van der Waals surface area contributed by atoms with Crippen LogP contribution in [0.15, 0.2) is 214 Å². The number of fused-ring (bicyclic) bond motifs is 11. The Morgan fingerprint density at radius 1 is 0.345 bits per heavy atom. The van der Waals surface area contributed by atoms with Crippen molar-refractivity contribution in [3.8, 4) is 45.3 Å². The predicted octanol–water partition coefficient (Wildman–Crippen LogP) is 13.6. The molecule has 0 N–H and O–H groups in total. The molecule has 0 amide bonds. The quantitative estimate of drug-likeness (QED) is 0.177. The maximum atomic E-state index is 5.26. The zero-order chi connectivity index (χ0) is 38.2. The van der Waals surface area contributed by atoms with Gasteiger partial charge in [-0.05, 0) is 100 Å². The highest BCUT2D eigenvalue weighted by molar-refractivity contribution is 8.00. The van der Waals surface area contributed by atoms with Gasteiger partial charge in [0.25, 0.3) is 0 Å². The lowest BCUT2D eigenvalue weighted by Crippen LogP contribution is -2.32. The predicted molar refractivity (Wildman–Crippen MR) is 236 cm³/mol. The standard InChI is InChI=1S/C52H32N4S2/c1-2-14-33(15-3-1)49-53-50(34-26-29-36(30-27-34)56-43-21-9-12-24-47(43)58-48-25-13-10-22-44(48)56)55-51(54-49)35-28-31-46-42(32-35)52(41-20-8-11-23-45(41)57-46)39-18-6-4-16-37(39)38-17-5-7-19-40(38)52/h1-32H. The van der Waals surface area contributed by atoms with E-state index >= 15 is 0 Å². The van der Waals surface area contributed by atoms with Crippen molar-refractivity contribution >= 4 is 40.6 Å². The van der Waals surface area contributed by atoms with Gasteiger partial charge in [0.2, 0.25) is 0 Å². The molecule has 6 heteroatoms. The van der Waals surface area contributed by atoms with Gasteiger partial charge in [0.1, 0.15) is 0 Å². The molecule has 1 spiro atoms. The molecule has 0 bridgehead atoms. The van der Waals surface area contributed by atoms with Gasteiger partial charge in [-0.15, -0.1) is 0 Å². The summed E-state index contributed by atoms with van der Waals surface area (Å²) < 4.78 is 0. The van der Waals surface area contributed by atoms with E-state index in [1.165, 1.54) is 64.3 Å². The minimum atomic E-state index is -0.488. The Balaban J connectivity index is 1.02. The van der Waals surface area contributed by atoms with E-state index in [0.717, 1.165) is 22.4 Å². The van der Waals surface area contributed by atoms with E-state index in [1.54, 1.807) is 0 Å². The van der Waals surface area contributed by atoms with Gasteiger partial charge in [0.05, 0.1) is 16.8 Å². The Morgan fingerprint density at radius 3 is 1.43 bits per heavy atom. The molecule has 0 saturated carbocycles. The summed E-state index contributed by atoms with van der Waals surface area (Å²) in [5.74, 6) is 1.92. The second-order valence-corrected chi connectivity index (χ2v) is 16.9. The van der Waals surface area contributed by atoms with Crippen LogP contribution in [0.3, 0.4) is 0 Å². The minimum Gasteiger partial charge on any atom is -0.308 e. The van der Waals surface area contributed by atoms with Crippen LogP contribution in [-0.4, -0.2) is 15.0 Å². The van der Waals surface area contributed by atoms with Crippen molar-refractivity contribution in [1.82, 2.24) is 15.0 Å². The first-order valence-electron chi connectivity index (χ1n) is 19.4. The van der Waals surface area contributed by atoms with E-state index in [4.69, 9.17) is 15.0 Å². The second kappa shape index (κ2) is 13.2. The normalized spacial score (nSPS) is 13.8. The van der Waals surface area contributed by atoms with Crippen LogP contribution in [0.5, 0.6) is 0 Å². The van der Waals surface area contributed by atoms with Crippen molar-refractivity contribution in [3.63, 3.8) is 0 Å². The summed E-state index contributed by atoms with van der Waals surface area (Å²) in [5.41, 5.74) is 13.5. The van der Waals surface area contributed by atoms with Crippen LogP contribution in [0, 0.1) is 0 Å². The van der Waals surface area contributed by atoms with Gasteiger partial charge < -0.3 is 4.90 Å². The monoisotopic (exact) mass is 776 g/mol. The Kier molecular flexibility index (Phi) is 7.59. The van der Waals surface area contributed by atoms with Gasteiger partial charge in [-0.25, -0.2) is 15.0 Å². The Bertz CT molecular complexity index is 3000. The molecule has 9 aromatic rings. The highest BCUT2D eigenvalue weighted by Gasteiger charge is 2.50.